The van der Waals surface area contributed by atoms with Gasteiger partial charge in [-0.1, -0.05) is 12.1 Å². The fourth-order valence-electron chi connectivity index (χ4n) is 3.70. The molecule has 1 aliphatic carbocycles. The number of carbonyl (C=O) groups excluding carboxylic acids is 2. The molecule has 0 saturated heterocycles. The zero-order valence-electron chi connectivity index (χ0n) is 15.3. The van der Waals surface area contributed by atoms with Crippen molar-refractivity contribution >= 4 is 28.8 Å². The molecule has 138 valence electrons. The maximum absolute atomic E-state index is 12.5. The summed E-state index contributed by atoms with van der Waals surface area (Å²) in [5.41, 5.74) is 2.12. The summed E-state index contributed by atoms with van der Waals surface area (Å²) in [7, 11) is 1.89. The van der Waals surface area contributed by atoms with Crippen LogP contribution in [0.3, 0.4) is 0 Å². The van der Waals surface area contributed by atoms with E-state index < -0.39 is 0 Å². The summed E-state index contributed by atoms with van der Waals surface area (Å²) >= 11 is 0. The molecule has 1 amide bonds. The number of nitrogens with one attached hydrogen (secondary N) is 1. The molecule has 6 heteroatoms. The van der Waals surface area contributed by atoms with E-state index in [1.807, 2.05) is 37.6 Å². The summed E-state index contributed by atoms with van der Waals surface area (Å²) in [6.45, 7) is 0. The number of carbonyl (C=O) groups is 2. The van der Waals surface area contributed by atoms with Crippen LogP contribution in [-0.2, 0) is 16.6 Å². The molecule has 0 atom stereocenters. The van der Waals surface area contributed by atoms with Gasteiger partial charge in [-0.25, -0.2) is 4.98 Å². The molecular formula is C21H22N4O2. The predicted molar refractivity (Wildman–Crippen MR) is 104 cm³/mol. The monoisotopic (exact) mass is 362 g/mol. The van der Waals surface area contributed by atoms with Crippen LogP contribution in [0.25, 0.3) is 21.9 Å². The number of nitrogens with zero attached hydrogens (tertiary/aromatic N) is 3. The third kappa shape index (κ3) is 3.74. The SMILES string of the molecule is Cn1cc(-c2ccc3cnc(NC(=O)C4CCC(C=O)CC4)cc3c2)cn1. The molecule has 0 radical (unpaired) electrons. The summed E-state index contributed by atoms with van der Waals surface area (Å²) in [5.74, 6) is 0.627. The van der Waals surface area contributed by atoms with E-state index >= 15 is 0 Å². The lowest BCUT2D eigenvalue weighted by Gasteiger charge is -2.24. The summed E-state index contributed by atoms with van der Waals surface area (Å²) in [6, 6.07) is 8.06. The van der Waals surface area contributed by atoms with Gasteiger partial charge in [-0.3, -0.25) is 9.48 Å². The van der Waals surface area contributed by atoms with Crippen molar-refractivity contribution in [2.24, 2.45) is 18.9 Å². The number of fused-ring (bicyclic) bond motifs is 1. The average molecular weight is 362 g/mol. The van der Waals surface area contributed by atoms with E-state index in [4.69, 9.17) is 0 Å². The summed E-state index contributed by atoms with van der Waals surface area (Å²) in [5, 5.41) is 9.20. The van der Waals surface area contributed by atoms with Gasteiger partial charge in [0.05, 0.1) is 6.20 Å². The van der Waals surface area contributed by atoms with E-state index in [1.165, 1.54) is 0 Å². The highest BCUT2D eigenvalue weighted by Gasteiger charge is 2.26. The van der Waals surface area contributed by atoms with Crippen molar-refractivity contribution in [3.63, 3.8) is 0 Å². The van der Waals surface area contributed by atoms with Gasteiger partial charge >= 0.3 is 0 Å². The number of aryl methyl sites for hydroxylation is 1. The first kappa shape index (κ1) is 17.4. The number of pyridine rings is 1. The quantitative estimate of drug-likeness (QED) is 0.720. The van der Waals surface area contributed by atoms with E-state index in [-0.39, 0.29) is 17.7 Å². The molecule has 1 aromatic carbocycles. The number of hydrogen-bond donors (Lipinski definition) is 1. The first-order valence-corrected chi connectivity index (χ1v) is 9.27. The maximum atomic E-state index is 12.5. The Morgan fingerprint density at radius 1 is 1.11 bits per heavy atom. The van der Waals surface area contributed by atoms with Crippen molar-refractivity contribution in [1.82, 2.24) is 14.8 Å². The molecule has 1 saturated carbocycles. The lowest BCUT2D eigenvalue weighted by Crippen LogP contribution is -2.27. The molecule has 0 unspecified atom stereocenters. The van der Waals surface area contributed by atoms with Gasteiger partial charge in [0.1, 0.15) is 12.1 Å². The van der Waals surface area contributed by atoms with Gasteiger partial charge in [-0.15, -0.1) is 0 Å². The van der Waals surface area contributed by atoms with E-state index in [2.05, 4.69) is 21.5 Å². The van der Waals surface area contributed by atoms with Crippen LogP contribution in [0.5, 0.6) is 0 Å². The fraction of sp³-hybridized carbons (Fsp3) is 0.333. The summed E-state index contributed by atoms with van der Waals surface area (Å²) in [6.07, 6.45) is 9.70. The molecule has 1 aliphatic rings. The van der Waals surface area contributed by atoms with Gasteiger partial charge in [0, 0.05) is 42.2 Å². The van der Waals surface area contributed by atoms with Crippen LogP contribution in [-0.4, -0.2) is 27.0 Å². The highest BCUT2D eigenvalue weighted by molar-refractivity contribution is 5.95. The molecule has 1 N–H and O–H groups in total. The van der Waals surface area contributed by atoms with Crippen molar-refractivity contribution < 1.29 is 9.59 Å². The van der Waals surface area contributed by atoms with Crippen LogP contribution in [0.2, 0.25) is 0 Å². The van der Waals surface area contributed by atoms with Crippen molar-refractivity contribution in [3.8, 4) is 11.1 Å². The molecular weight excluding hydrogens is 340 g/mol. The van der Waals surface area contributed by atoms with Gasteiger partial charge in [0.2, 0.25) is 5.91 Å². The Hall–Kier alpha value is -3.02. The second kappa shape index (κ2) is 7.31. The summed E-state index contributed by atoms with van der Waals surface area (Å²) < 4.78 is 1.77. The van der Waals surface area contributed by atoms with E-state index in [1.54, 1.807) is 10.9 Å². The molecule has 3 aromatic rings. The van der Waals surface area contributed by atoms with Crippen molar-refractivity contribution in [1.29, 1.82) is 0 Å². The minimum Gasteiger partial charge on any atom is -0.310 e. The normalized spacial score (nSPS) is 19.7. The maximum Gasteiger partial charge on any atom is 0.228 e. The minimum atomic E-state index is -0.0413. The zero-order valence-corrected chi connectivity index (χ0v) is 15.3. The number of rotatable bonds is 4. The molecule has 0 bridgehead atoms. The number of hydrogen-bond acceptors (Lipinski definition) is 4. The standard InChI is InChI=1S/C21H22N4O2/c1-25-12-19(11-23-25)16-6-7-17-10-22-20(9-18(17)8-16)24-21(27)15-4-2-14(13-26)3-5-15/h6-15H,2-5H2,1H3,(H,22,24,27). The number of benzene rings is 1. The Labute approximate surface area is 157 Å². The molecule has 4 rings (SSSR count). The fourth-order valence-corrected chi connectivity index (χ4v) is 3.70. The second-order valence-corrected chi connectivity index (χ2v) is 7.27. The number of aldehydes is 1. The highest BCUT2D eigenvalue weighted by atomic mass is 16.2. The van der Waals surface area contributed by atoms with Crippen LogP contribution in [0.1, 0.15) is 25.7 Å². The molecule has 1 fully saturated rings. The highest BCUT2D eigenvalue weighted by Crippen LogP contribution is 2.29. The van der Waals surface area contributed by atoms with Crippen LogP contribution < -0.4 is 5.32 Å². The summed E-state index contributed by atoms with van der Waals surface area (Å²) in [4.78, 5) is 27.8. The van der Waals surface area contributed by atoms with Gasteiger partial charge in [0.15, 0.2) is 0 Å². The lowest BCUT2D eigenvalue weighted by molar-refractivity contribution is -0.122. The van der Waals surface area contributed by atoms with Gasteiger partial charge in [-0.05, 0) is 48.8 Å². The number of anilines is 1. The zero-order chi connectivity index (χ0) is 18.8. The second-order valence-electron chi connectivity index (χ2n) is 7.27. The first-order valence-electron chi connectivity index (χ1n) is 9.27. The van der Waals surface area contributed by atoms with Crippen LogP contribution >= 0.6 is 0 Å². The first-order chi connectivity index (χ1) is 13.1. The lowest BCUT2D eigenvalue weighted by atomic mass is 9.82. The Balaban J connectivity index is 1.52. The molecule has 2 heterocycles. The molecule has 0 spiro atoms. The Bertz CT molecular complexity index is 987. The topological polar surface area (TPSA) is 76.9 Å². The molecule has 0 aliphatic heterocycles. The third-order valence-corrected chi connectivity index (χ3v) is 5.35. The van der Waals surface area contributed by atoms with Crippen molar-refractivity contribution in [3.05, 3.63) is 42.9 Å². The number of amides is 1. The van der Waals surface area contributed by atoms with Gasteiger partial charge < -0.3 is 10.1 Å². The largest absolute Gasteiger partial charge is 0.310 e. The molecule has 2 aromatic heterocycles. The average Bonchev–Trinajstić information content (AvgIpc) is 3.14. The van der Waals surface area contributed by atoms with Crippen molar-refractivity contribution in [2.45, 2.75) is 25.7 Å². The smallest absolute Gasteiger partial charge is 0.228 e. The third-order valence-electron chi connectivity index (χ3n) is 5.35. The van der Waals surface area contributed by atoms with Gasteiger partial charge in [-0.2, -0.15) is 5.10 Å². The van der Waals surface area contributed by atoms with Gasteiger partial charge in [0.25, 0.3) is 0 Å². The predicted octanol–water partition coefficient (Wildman–Crippen LogP) is 3.58. The Kier molecular flexibility index (Phi) is 4.71. The van der Waals surface area contributed by atoms with E-state index in [0.29, 0.717) is 5.82 Å². The Morgan fingerprint density at radius 2 is 1.93 bits per heavy atom. The molecule has 27 heavy (non-hydrogen) atoms. The number of aromatic nitrogens is 3. The van der Waals surface area contributed by atoms with Crippen LogP contribution in [0.4, 0.5) is 5.82 Å². The molecule has 6 nitrogen and oxygen atoms in total. The van der Waals surface area contributed by atoms with Crippen LogP contribution in [0, 0.1) is 11.8 Å². The Morgan fingerprint density at radius 3 is 2.63 bits per heavy atom. The van der Waals surface area contributed by atoms with Crippen LogP contribution in [0.15, 0.2) is 42.9 Å². The van der Waals surface area contributed by atoms with E-state index in [9.17, 15) is 9.59 Å². The van der Waals surface area contributed by atoms with Crippen molar-refractivity contribution in [2.75, 3.05) is 5.32 Å². The van der Waals surface area contributed by atoms with E-state index in [0.717, 1.165) is 53.9 Å². The minimum absolute atomic E-state index is 0.00499.